The Morgan fingerprint density at radius 3 is 2.00 bits per heavy atom. The number of hydrogen-bond acceptors (Lipinski definition) is 5. The molecule has 5 heteroatoms. The molecule has 0 spiro atoms. The van der Waals surface area contributed by atoms with Crippen LogP contribution in [-0.2, 0) is 0 Å². The molecule has 146 valence electrons. The lowest BCUT2D eigenvalue weighted by Gasteiger charge is -2.39. The average Bonchev–Trinajstić information content (AvgIpc) is 2.72. The van der Waals surface area contributed by atoms with E-state index in [2.05, 4.69) is 54.0 Å². The third-order valence-electron chi connectivity index (χ3n) is 5.50. The normalized spacial score (nSPS) is 16.1. The highest BCUT2D eigenvalue weighted by molar-refractivity contribution is 5.53. The van der Waals surface area contributed by atoms with Gasteiger partial charge in [-0.15, -0.1) is 0 Å². The van der Waals surface area contributed by atoms with Gasteiger partial charge in [0.15, 0.2) is 11.5 Å². The fourth-order valence-corrected chi connectivity index (χ4v) is 3.75. The fraction of sp³-hybridized carbons (Fsp3) is 0.455. The summed E-state index contributed by atoms with van der Waals surface area (Å²) in [5, 5.41) is 0. The highest BCUT2D eigenvalue weighted by Gasteiger charge is 2.23. The number of rotatable bonds is 6. The Bertz CT molecular complexity index is 770. The molecule has 0 saturated carbocycles. The number of benzene rings is 2. The van der Waals surface area contributed by atoms with E-state index in [1.807, 2.05) is 6.07 Å². The van der Waals surface area contributed by atoms with Gasteiger partial charge in [-0.25, -0.2) is 0 Å². The summed E-state index contributed by atoms with van der Waals surface area (Å²) >= 11 is 0. The van der Waals surface area contributed by atoms with Gasteiger partial charge in [0.1, 0.15) is 5.75 Å². The zero-order chi connectivity index (χ0) is 19.4. The summed E-state index contributed by atoms with van der Waals surface area (Å²) < 4.78 is 16.2. The first-order chi connectivity index (χ1) is 13.1. The minimum atomic E-state index is 0.338. The van der Waals surface area contributed by atoms with E-state index in [0.717, 1.165) is 43.4 Å². The van der Waals surface area contributed by atoms with E-state index >= 15 is 0 Å². The molecule has 1 fully saturated rings. The lowest BCUT2D eigenvalue weighted by Crippen LogP contribution is -2.47. The Hall–Kier alpha value is -2.40. The van der Waals surface area contributed by atoms with Gasteiger partial charge >= 0.3 is 0 Å². The van der Waals surface area contributed by atoms with Crippen LogP contribution in [0.2, 0.25) is 0 Å². The molecule has 1 aliphatic heterocycles. The van der Waals surface area contributed by atoms with E-state index in [0.29, 0.717) is 6.04 Å². The van der Waals surface area contributed by atoms with Crippen LogP contribution in [0.15, 0.2) is 36.4 Å². The van der Waals surface area contributed by atoms with Crippen molar-refractivity contribution in [3.05, 3.63) is 47.5 Å². The maximum atomic E-state index is 5.46. The Labute approximate surface area is 162 Å². The summed E-state index contributed by atoms with van der Waals surface area (Å²) in [6, 6.07) is 13.0. The largest absolute Gasteiger partial charge is 0.496 e. The summed E-state index contributed by atoms with van der Waals surface area (Å²) in [5.74, 6) is 2.50. The second-order valence-electron chi connectivity index (χ2n) is 6.97. The predicted molar refractivity (Wildman–Crippen MR) is 109 cm³/mol. The summed E-state index contributed by atoms with van der Waals surface area (Å²) in [7, 11) is 5.07. The van der Waals surface area contributed by atoms with Crippen LogP contribution in [-0.4, -0.2) is 52.4 Å². The molecular weight excluding hydrogens is 340 g/mol. The molecule has 0 aliphatic carbocycles. The van der Waals surface area contributed by atoms with Gasteiger partial charge in [-0.2, -0.15) is 0 Å². The maximum absolute atomic E-state index is 5.46. The third kappa shape index (κ3) is 4.14. The molecule has 0 N–H and O–H groups in total. The highest BCUT2D eigenvalue weighted by Crippen LogP contribution is 2.32. The quantitative estimate of drug-likeness (QED) is 0.770. The van der Waals surface area contributed by atoms with Crippen LogP contribution in [0.4, 0.5) is 5.69 Å². The molecule has 2 aromatic rings. The Kier molecular flexibility index (Phi) is 6.11. The molecular formula is C22H30N2O3. The number of piperazine rings is 1. The van der Waals surface area contributed by atoms with Gasteiger partial charge < -0.3 is 19.1 Å². The second-order valence-corrected chi connectivity index (χ2v) is 6.97. The van der Waals surface area contributed by atoms with E-state index in [4.69, 9.17) is 14.2 Å². The number of hydrogen-bond donors (Lipinski definition) is 0. The van der Waals surface area contributed by atoms with Crippen molar-refractivity contribution < 1.29 is 14.2 Å². The smallest absolute Gasteiger partial charge is 0.161 e. The molecule has 0 aromatic heterocycles. The summed E-state index contributed by atoms with van der Waals surface area (Å²) in [6.07, 6.45) is 0. The van der Waals surface area contributed by atoms with Crippen LogP contribution in [0.1, 0.15) is 24.1 Å². The summed E-state index contributed by atoms with van der Waals surface area (Å²) in [4.78, 5) is 4.97. The predicted octanol–water partition coefficient (Wildman–Crippen LogP) is 3.90. The van der Waals surface area contributed by atoms with Gasteiger partial charge in [-0.3, -0.25) is 4.90 Å². The van der Waals surface area contributed by atoms with E-state index in [-0.39, 0.29) is 0 Å². The first-order valence-electron chi connectivity index (χ1n) is 9.43. The molecule has 1 aliphatic rings. The van der Waals surface area contributed by atoms with Crippen LogP contribution < -0.4 is 19.1 Å². The molecule has 1 atom stereocenters. The van der Waals surface area contributed by atoms with E-state index in [9.17, 15) is 0 Å². The molecule has 1 unspecified atom stereocenters. The number of anilines is 1. The first kappa shape index (κ1) is 19.4. The molecule has 2 aromatic carbocycles. The van der Waals surface area contributed by atoms with Crippen molar-refractivity contribution in [3.63, 3.8) is 0 Å². The molecule has 0 radical (unpaired) electrons. The topological polar surface area (TPSA) is 34.2 Å². The van der Waals surface area contributed by atoms with Gasteiger partial charge in [0.2, 0.25) is 0 Å². The number of methoxy groups -OCH3 is 3. The van der Waals surface area contributed by atoms with Crippen molar-refractivity contribution in [2.24, 2.45) is 0 Å². The minimum absolute atomic E-state index is 0.338. The van der Waals surface area contributed by atoms with Crippen molar-refractivity contribution in [2.45, 2.75) is 19.9 Å². The van der Waals surface area contributed by atoms with Crippen LogP contribution in [0.25, 0.3) is 0 Å². The number of aryl methyl sites for hydroxylation is 1. The average molecular weight is 370 g/mol. The van der Waals surface area contributed by atoms with Crippen molar-refractivity contribution in [1.29, 1.82) is 0 Å². The minimum Gasteiger partial charge on any atom is -0.496 e. The molecule has 27 heavy (non-hydrogen) atoms. The first-order valence-corrected chi connectivity index (χ1v) is 9.43. The standard InChI is InChI=1S/C22H30N2O3/c1-16-14-19(7-9-20(16)25-3)24-12-10-23(11-13-24)17(2)18-6-8-21(26-4)22(15-18)27-5/h6-9,14-15,17H,10-13H2,1-5H3. The lowest BCUT2D eigenvalue weighted by molar-refractivity contribution is 0.198. The monoisotopic (exact) mass is 370 g/mol. The van der Waals surface area contributed by atoms with Gasteiger partial charge in [-0.1, -0.05) is 6.07 Å². The van der Waals surface area contributed by atoms with Crippen LogP contribution in [0.5, 0.6) is 17.2 Å². The molecule has 0 bridgehead atoms. The van der Waals surface area contributed by atoms with Crippen molar-refractivity contribution >= 4 is 5.69 Å². The second kappa shape index (κ2) is 8.53. The SMILES string of the molecule is COc1ccc(N2CCN(C(C)c3ccc(OC)c(OC)c3)CC2)cc1C. The van der Waals surface area contributed by atoms with E-state index in [1.54, 1.807) is 21.3 Å². The Morgan fingerprint density at radius 2 is 1.41 bits per heavy atom. The number of ether oxygens (including phenoxy) is 3. The maximum Gasteiger partial charge on any atom is 0.161 e. The zero-order valence-electron chi connectivity index (χ0n) is 17.0. The van der Waals surface area contributed by atoms with Gasteiger partial charge in [0.05, 0.1) is 21.3 Å². The van der Waals surface area contributed by atoms with Crippen molar-refractivity contribution in [3.8, 4) is 17.2 Å². The number of nitrogens with zero attached hydrogens (tertiary/aromatic N) is 2. The van der Waals surface area contributed by atoms with Gasteiger partial charge in [0.25, 0.3) is 0 Å². The van der Waals surface area contributed by atoms with Crippen molar-refractivity contribution in [1.82, 2.24) is 4.90 Å². The van der Waals surface area contributed by atoms with Crippen LogP contribution >= 0.6 is 0 Å². The summed E-state index contributed by atoms with van der Waals surface area (Å²) in [6.45, 7) is 8.44. The highest BCUT2D eigenvalue weighted by atomic mass is 16.5. The molecule has 5 nitrogen and oxygen atoms in total. The Morgan fingerprint density at radius 1 is 0.778 bits per heavy atom. The van der Waals surface area contributed by atoms with Crippen LogP contribution in [0, 0.1) is 6.92 Å². The molecule has 3 rings (SSSR count). The fourth-order valence-electron chi connectivity index (χ4n) is 3.75. The van der Waals surface area contributed by atoms with E-state index in [1.165, 1.54) is 16.8 Å². The van der Waals surface area contributed by atoms with Crippen molar-refractivity contribution in [2.75, 3.05) is 52.4 Å². The summed E-state index contributed by atoms with van der Waals surface area (Å²) in [5.41, 5.74) is 3.70. The molecule has 1 heterocycles. The van der Waals surface area contributed by atoms with Gasteiger partial charge in [0, 0.05) is 37.9 Å². The Balaban J connectivity index is 1.65. The molecule has 1 saturated heterocycles. The van der Waals surface area contributed by atoms with E-state index < -0.39 is 0 Å². The third-order valence-corrected chi connectivity index (χ3v) is 5.50. The van der Waals surface area contributed by atoms with Crippen LogP contribution in [0.3, 0.4) is 0 Å². The molecule has 0 amide bonds. The lowest BCUT2D eigenvalue weighted by atomic mass is 10.0. The van der Waals surface area contributed by atoms with Gasteiger partial charge in [-0.05, 0) is 55.3 Å². The zero-order valence-corrected chi connectivity index (χ0v) is 17.0.